The second-order valence-corrected chi connectivity index (χ2v) is 9.10. The number of rotatable bonds is 6. The largest absolute Gasteiger partial charge is 0.355 e. The Morgan fingerprint density at radius 2 is 1.90 bits per heavy atom. The Hall–Kier alpha value is -2.80. The first-order valence-corrected chi connectivity index (χ1v) is 10.9. The van der Waals surface area contributed by atoms with Crippen molar-refractivity contribution in [2.45, 2.75) is 32.1 Å². The second-order valence-electron chi connectivity index (χ2n) is 8.00. The van der Waals surface area contributed by atoms with Crippen molar-refractivity contribution >= 4 is 39.5 Å². The molecule has 150 valence electrons. The Morgan fingerprint density at radius 3 is 2.72 bits per heavy atom. The van der Waals surface area contributed by atoms with Gasteiger partial charge in [0.1, 0.15) is 5.39 Å². The number of hydrogen-bond donors (Lipinski definition) is 2. The number of hydrogen-bond acceptors (Lipinski definition) is 5. The van der Waals surface area contributed by atoms with Gasteiger partial charge in [0.15, 0.2) is 5.65 Å². The van der Waals surface area contributed by atoms with E-state index in [-0.39, 0.29) is 11.1 Å². The van der Waals surface area contributed by atoms with Crippen LogP contribution in [0.1, 0.15) is 26.3 Å². The zero-order valence-corrected chi connectivity index (χ0v) is 17.7. The van der Waals surface area contributed by atoms with Gasteiger partial charge >= 0.3 is 0 Å². The fourth-order valence-corrected chi connectivity index (χ4v) is 4.20. The summed E-state index contributed by atoms with van der Waals surface area (Å²) in [5, 5.41) is 10.7. The SMILES string of the molecule is CC(C)(C)n1ncc2c(=O)[nH]c(NCCSCc3cccc4ccccc34)nc21. The van der Waals surface area contributed by atoms with E-state index in [1.807, 2.05) is 32.5 Å². The lowest BCUT2D eigenvalue weighted by Crippen LogP contribution is -2.24. The van der Waals surface area contributed by atoms with E-state index in [9.17, 15) is 4.79 Å². The molecule has 0 atom stereocenters. The van der Waals surface area contributed by atoms with Gasteiger partial charge in [0.25, 0.3) is 5.56 Å². The van der Waals surface area contributed by atoms with E-state index in [1.54, 1.807) is 10.9 Å². The van der Waals surface area contributed by atoms with Gasteiger partial charge < -0.3 is 5.32 Å². The monoisotopic (exact) mass is 407 g/mol. The van der Waals surface area contributed by atoms with Crippen LogP contribution < -0.4 is 10.9 Å². The molecular weight excluding hydrogens is 382 g/mol. The van der Waals surface area contributed by atoms with Crippen molar-refractivity contribution in [3.8, 4) is 0 Å². The summed E-state index contributed by atoms with van der Waals surface area (Å²) in [4.78, 5) is 19.7. The minimum atomic E-state index is -0.242. The van der Waals surface area contributed by atoms with Gasteiger partial charge in [0.05, 0.1) is 11.7 Å². The van der Waals surface area contributed by atoms with E-state index in [0.717, 1.165) is 11.5 Å². The van der Waals surface area contributed by atoms with Crippen molar-refractivity contribution in [2.75, 3.05) is 17.6 Å². The van der Waals surface area contributed by atoms with Gasteiger partial charge in [0.2, 0.25) is 5.95 Å². The lowest BCUT2D eigenvalue weighted by molar-refractivity contribution is 0.366. The molecule has 2 aromatic heterocycles. The third kappa shape index (κ3) is 4.15. The number of aromatic amines is 1. The minimum Gasteiger partial charge on any atom is -0.355 e. The van der Waals surface area contributed by atoms with E-state index in [1.165, 1.54) is 16.3 Å². The van der Waals surface area contributed by atoms with Crippen LogP contribution in [0, 0.1) is 0 Å². The molecule has 0 radical (unpaired) electrons. The summed E-state index contributed by atoms with van der Waals surface area (Å²) in [7, 11) is 0. The summed E-state index contributed by atoms with van der Waals surface area (Å²) in [6.45, 7) is 6.84. The number of benzene rings is 2. The van der Waals surface area contributed by atoms with Crippen LogP contribution in [0.4, 0.5) is 5.95 Å². The predicted octanol–water partition coefficient (Wildman–Crippen LogP) is 4.37. The predicted molar refractivity (Wildman–Crippen MR) is 122 cm³/mol. The topological polar surface area (TPSA) is 75.6 Å². The highest BCUT2D eigenvalue weighted by Gasteiger charge is 2.19. The highest BCUT2D eigenvalue weighted by molar-refractivity contribution is 7.98. The maximum atomic E-state index is 12.3. The molecule has 0 aliphatic carbocycles. The summed E-state index contributed by atoms with van der Waals surface area (Å²) in [6, 6.07) is 14.9. The first-order chi connectivity index (χ1) is 13.9. The van der Waals surface area contributed by atoms with Crippen molar-refractivity contribution in [3.05, 3.63) is 64.6 Å². The number of nitrogens with one attached hydrogen (secondary N) is 2. The molecule has 0 saturated heterocycles. The van der Waals surface area contributed by atoms with Crippen molar-refractivity contribution < 1.29 is 0 Å². The summed E-state index contributed by atoms with van der Waals surface area (Å²) in [6.07, 6.45) is 1.58. The van der Waals surface area contributed by atoms with Crippen LogP contribution in [0.25, 0.3) is 21.8 Å². The summed E-state index contributed by atoms with van der Waals surface area (Å²) >= 11 is 1.86. The Bertz CT molecular complexity index is 1200. The fourth-order valence-electron chi connectivity index (χ4n) is 3.34. The maximum Gasteiger partial charge on any atom is 0.263 e. The van der Waals surface area contributed by atoms with Crippen LogP contribution in [0.15, 0.2) is 53.5 Å². The van der Waals surface area contributed by atoms with E-state index in [2.05, 4.69) is 62.8 Å². The Morgan fingerprint density at radius 1 is 1.10 bits per heavy atom. The van der Waals surface area contributed by atoms with Gasteiger partial charge in [-0.05, 0) is 37.1 Å². The molecule has 7 heteroatoms. The third-order valence-electron chi connectivity index (χ3n) is 4.75. The molecule has 0 aliphatic heterocycles. The number of thioether (sulfide) groups is 1. The normalized spacial score (nSPS) is 12.0. The average Bonchev–Trinajstić information content (AvgIpc) is 3.13. The molecule has 2 aromatic carbocycles. The van der Waals surface area contributed by atoms with Gasteiger partial charge in [-0.3, -0.25) is 9.78 Å². The molecule has 2 heterocycles. The Balaban J connectivity index is 1.39. The second kappa shape index (κ2) is 7.91. The van der Waals surface area contributed by atoms with Crippen LogP contribution >= 0.6 is 11.8 Å². The highest BCUT2D eigenvalue weighted by atomic mass is 32.2. The van der Waals surface area contributed by atoms with Gasteiger partial charge in [-0.1, -0.05) is 42.5 Å². The van der Waals surface area contributed by atoms with Crippen molar-refractivity contribution in [3.63, 3.8) is 0 Å². The average molecular weight is 408 g/mol. The first kappa shape index (κ1) is 19.5. The number of anilines is 1. The third-order valence-corrected chi connectivity index (χ3v) is 5.76. The quantitative estimate of drug-likeness (QED) is 0.464. The Kier molecular flexibility index (Phi) is 5.32. The van der Waals surface area contributed by atoms with Gasteiger partial charge in [0, 0.05) is 18.1 Å². The van der Waals surface area contributed by atoms with Crippen LogP contribution in [0.3, 0.4) is 0 Å². The molecule has 0 spiro atoms. The van der Waals surface area contributed by atoms with E-state index in [4.69, 9.17) is 0 Å². The first-order valence-electron chi connectivity index (χ1n) is 9.70. The molecule has 0 aliphatic rings. The molecule has 0 amide bonds. The number of fused-ring (bicyclic) bond motifs is 2. The number of nitrogens with zero attached hydrogens (tertiary/aromatic N) is 3. The van der Waals surface area contributed by atoms with Crippen molar-refractivity contribution in [1.82, 2.24) is 19.7 Å². The van der Waals surface area contributed by atoms with Crippen molar-refractivity contribution in [2.24, 2.45) is 0 Å². The minimum absolute atomic E-state index is 0.170. The molecule has 4 rings (SSSR count). The molecule has 4 aromatic rings. The molecule has 2 N–H and O–H groups in total. The lowest BCUT2D eigenvalue weighted by atomic mass is 10.1. The van der Waals surface area contributed by atoms with Crippen molar-refractivity contribution in [1.29, 1.82) is 0 Å². The van der Waals surface area contributed by atoms with Crippen LogP contribution in [0.2, 0.25) is 0 Å². The number of H-pyrrole nitrogens is 1. The Labute approximate surface area is 173 Å². The molecule has 0 unspecified atom stereocenters. The molecule has 0 saturated carbocycles. The van der Waals surface area contributed by atoms with E-state index < -0.39 is 0 Å². The zero-order chi connectivity index (χ0) is 20.4. The smallest absolute Gasteiger partial charge is 0.263 e. The van der Waals surface area contributed by atoms with Gasteiger partial charge in [-0.2, -0.15) is 21.8 Å². The lowest BCUT2D eigenvalue weighted by Gasteiger charge is -2.19. The number of aromatic nitrogens is 4. The van der Waals surface area contributed by atoms with Gasteiger partial charge in [-0.25, -0.2) is 4.68 Å². The van der Waals surface area contributed by atoms with Crippen LogP contribution in [0.5, 0.6) is 0 Å². The van der Waals surface area contributed by atoms with E-state index in [0.29, 0.717) is 23.5 Å². The molecule has 0 fully saturated rings. The molecular formula is C22H25N5OS. The zero-order valence-electron chi connectivity index (χ0n) is 16.9. The summed E-state index contributed by atoms with van der Waals surface area (Å²) in [5.74, 6) is 2.34. The fraction of sp³-hybridized carbons (Fsp3) is 0.318. The van der Waals surface area contributed by atoms with Gasteiger partial charge in [-0.15, -0.1) is 0 Å². The highest BCUT2D eigenvalue weighted by Crippen LogP contribution is 2.23. The summed E-state index contributed by atoms with van der Waals surface area (Å²) in [5.41, 5.74) is 1.53. The molecule has 6 nitrogen and oxygen atoms in total. The van der Waals surface area contributed by atoms with Crippen LogP contribution in [-0.2, 0) is 11.3 Å². The van der Waals surface area contributed by atoms with E-state index >= 15 is 0 Å². The standard InChI is InChI=1S/C22H25N5OS/c1-22(2,3)27-19-18(13-24-27)20(28)26-21(25-19)23-11-12-29-14-16-9-6-8-15-7-4-5-10-17(15)16/h4-10,13H,11-12,14H2,1-3H3,(H2,23,25,26,28). The maximum absolute atomic E-state index is 12.3. The summed E-state index contributed by atoms with van der Waals surface area (Å²) < 4.78 is 1.79. The molecule has 0 bridgehead atoms. The molecule has 29 heavy (non-hydrogen) atoms. The van der Waals surface area contributed by atoms with Crippen LogP contribution in [-0.4, -0.2) is 32.0 Å².